The number of rotatable bonds is 5. The van der Waals surface area contributed by atoms with E-state index in [-0.39, 0.29) is 24.2 Å². The van der Waals surface area contributed by atoms with Crippen molar-refractivity contribution < 1.29 is 14.6 Å². The minimum Gasteiger partial charge on any atom is -0.444 e. The average Bonchev–Trinajstić information content (AvgIpc) is 2.42. The molecule has 3 unspecified atom stereocenters. The number of amides is 1. The molecule has 1 fully saturated rings. The van der Waals surface area contributed by atoms with Crippen LogP contribution >= 0.6 is 0 Å². The first-order chi connectivity index (χ1) is 10.1. The summed E-state index contributed by atoms with van der Waals surface area (Å²) in [6.45, 7) is 13.9. The summed E-state index contributed by atoms with van der Waals surface area (Å²) in [5.41, 5.74) is -0.449. The zero-order valence-corrected chi connectivity index (χ0v) is 15.1. The predicted octanol–water partition coefficient (Wildman–Crippen LogP) is 2.63. The molecular weight excluding hydrogens is 280 g/mol. The Hall–Kier alpha value is -0.810. The lowest BCUT2D eigenvalue weighted by atomic mass is 9.91. The van der Waals surface area contributed by atoms with Crippen molar-refractivity contribution in [3.8, 4) is 0 Å². The number of hydrogen-bond donors (Lipinski definition) is 2. The Labute approximate surface area is 135 Å². The first-order valence-corrected chi connectivity index (χ1v) is 8.49. The highest BCUT2D eigenvalue weighted by molar-refractivity contribution is 5.68. The molecule has 1 aliphatic heterocycles. The Bertz CT molecular complexity index is 352. The fourth-order valence-corrected chi connectivity index (χ4v) is 2.62. The molecule has 1 heterocycles. The fraction of sp³-hybridized carbons (Fsp3) is 0.941. The van der Waals surface area contributed by atoms with Gasteiger partial charge in [-0.3, -0.25) is 0 Å². The van der Waals surface area contributed by atoms with Gasteiger partial charge in [-0.05, 0) is 52.4 Å². The number of piperidine rings is 1. The van der Waals surface area contributed by atoms with Crippen molar-refractivity contribution in [3.05, 3.63) is 0 Å². The number of nitrogens with zero attached hydrogens (tertiary/aromatic N) is 1. The van der Waals surface area contributed by atoms with Gasteiger partial charge in [0, 0.05) is 25.7 Å². The van der Waals surface area contributed by atoms with Gasteiger partial charge in [-0.15, -0.1) is 0 Å². The lowest BCUT2D eigenvalue weighted by Crippen LogP contribution is -2.49. The monoisotopic (exact) mass is 314 g/mol. The molecule has 22 heavy (non-hydrogen) atoms. The lowest BCUT2D eigenvalue weighted by molar-refractivity contribution is 0.0143. The first kappa shape index (κ1) is 19.2. The zero-order chi connectivity index (χ0) is 16.9. The summed E-state index contributed by atoms with van der Waals surface area (Å²) in [6, 6.07) is 0.277. The van der Waals surface area contributed by atoms with E-state index < -0.39 is 5.60 Å². The molecule has 5 heteroatoms. The molecule has 0 spiro atoms. The van der Waals surface area contributed by atoms with Gasteiger partial charge in [-0.1, -0.05) is 13.8 Å². The average molecular weight is 314 g/mol. The van der Waals surface area contributed by atoms with Crippen molar-refractivity contribution in [2.75, 3.05) is 19.6 Å². The molecule has 0 saturated carbocycles. The molecule has 0 bridgehead atoms. The van der Waals surface area contributed by atoms with Crippen LogP contribution in [0.2, 0.25) is 0 Å². The first-order valence-electron chi connectivity index (χ1n) is 8.49. The maximum absolute atomic E-state index is 12.2. The smallest absolute Gasteiger partial charge is 0.410 e. The number of carbonyl (C=O) groups excluding carboxylic acids is 1. The maximum Gasteiger partial charge on any atom is 0.410 e. The van der Waals surface area contributed by atoms with Crippen LogP contribution < -0.4 is 5.32 Å². The van der Waals surface area contributed by atoms with E-state index in [0.29, 0.717) is 12.5 Å². The molecule has 0 aromatic carbocycles. The summed E-state index contributed by atoms with van der Waals surface area (Å²) in [4.78, 5) is 14.0. The molecule has 0 aromatic heterocycles. The molecule has 2 N–H and O–H groups in total. The molecule has 1 rings (SSSR count). The molecule has 3 atom stereocenters. The zero-order valence-electron chi connectivity index (χ0n) is 15.1. The summed E-state index contributed by atoms with van der Waals surface area (Å²) < 4.78 is 5.46. The highest BCUT2D eigenvalue weighted by Crippen LogP contribution is 2.22. The summed E-state index contributed by atoms with van der Waals surface area (Å²) >= 11 is 0. The second kappa shape index (κ2) is 8.16. The van der Waals surface area contributed by atoms with E-state index in [1.54, 1.807) is 0 Å². The van der Waals surface area contributed by atoms with Gasteiger partial charge in [-0.25, -0.2) is 4.79 Å². The van der Waals surface area contributed by atoms with E-state index >= 15 is 0 Å². The quantitative estimate of drug-likeness (QED) is 0.819. The second-order valence-corrected chi connectivity index (χ2v) is 7.84. The Morgan fingerprint density at radius 2 is 2.00 bits per heavy atom. The molecule has 1 aliphatic rings. The van der Waals surface area contributed by atoms with Gasteiger partial charge in [0.15, 0.2) is 0 Å². The summed E-state index contributed by atoms with van der Waals surface area (Å²) in [5, 5.41) is 13.3. The Morgan fingerprint density at radius 3 is 2.55 bits per heavy atom. The molecule has 130 valence electrons. The Morgan fingerprint density at radius 1 is 1.36 bits per heavy atom. The maximum atomic E-state index is 12.2. The van der Waals surface area contributed by atoms with E-state index in [9.17, 15) is 9.90 Å². The van der Waals surface area contributed by atoms with Crippen molar-refractivity contribution in [1.29, 1.82) is 0 Å². The third kappa shape index (κ3) is 6.53. The fourth-order valence-electron chi connectivity index (χ4n) is 2.62. The SMILES string of the molecule is CC(C)C(O)CNC(C)C1CCCN(C(=O)OC(C)(C)C)C1. The summed E-state index contributed by atoms with van der Waals surface area (Å²) in [7, 11) is 0. The van der Waals surface area contributed by atoms with Crippen LogP contribution in [0.3, 0.4) is 0 Å². The standard InChI is InChI=1S/C17H34N2O3/c1-12(2)15(20)10-18-13(3)14-8-7-9-19(11-14)16(21)22-17(4,5)6/h12-15,18,20H,7-11H2,1-6H3. The predicted molar refractivity (Wildman–Crippen MR) is 88.8 cm³/mol. The van der Waals surface area contributed by atoms with Crippen molar-refractivity contribution in [2.45, 2.75) is 72.1 Å². The van der Waals surface area contributed by atoms with E-state index in [0.717, 1.165) is 25.9 Å². The van der Waals surface area contributed by atoms with Gasteiger partial charge in [-0.2, -0.15) is 0 Å². The highest BCUT2D eigenvalue weighted by Gasteiger charge is 2.30. The van der Waals surface area contributed by atoms with Crippen molar-refractivity contribution in [2.24, 2.45) is 11.8 Å². The van der Waals surface area contributed by atoms with Gasteiger partial charge in [0.25, 0.3) is 0 Å². The van der Waals surface area contributed by atoms with Crippen LogP contribution in [0.25, 0.3) is 0 Å². The van der Waals surface area contributed by atoms with Crippen LogP contribution in [0, 0.1) is 11.8 Å². The van der Waals surface area contributed by atoms with E-state index in [4.69, 9.17) is 4.74 Å². The van der Waals surface area contributed by atoms with Crippen LogP contribution in [0.15, 0.2) is 0 Å². The lowest BCUT2D eigenvalue weighted by Gasteiger charge is -2.37. The van der Waals surface area contributed by atoms with Crippen molar-refractivity contribution in [1.82, 2.24) is 10.2 Å². The Balaban J connectivity index is 2.46. The molecule has 1 saturated heterocycles. The molecule has 5 nitrogen and oxygen atoms in total. The van der Waals surface area contributed by atoms with E-state index in [1.807, 2.05) is 39.5 Å². The molecule has 0 aromatic rings. The van der Waals surface area contributed by atoms with Gasteiger partial charge < -0.3 is 20.1 Å². The highest BCUT2D eigenvalue weighted by atomic mass is 16.6. The van der Waals surface area contributed by atoms with Gasteiger partial charge >= 0.3 is 6.09 Å². The Kier molecular flexibility index (Phi) is 7.13. The summed E-state index contributed by atoms with van der Waals surface area (Å²) in [5.74, 6) is 0.657. The molecule has 0 aliphatic carbocycles. The van der Waals surface area contributed by atoms with Gasteiger partial charge in [0.05, 0.1) is 6.10 Å². The third-order valence-corrected chi connectivity index (χ3v) is 4.24. The largest absolute Gasteiger partial charge is 0.444 e. The van der Waals surface area contributed by atoms with Crippen molar-refractivity contribution in [3.63, 3.8) is 0 Å². The molecule has 1 amide bonds. The van der Waals surface area contributed by atoms with E-state index in [2.05, 4.69) is 12.2 Å². The van der Waals surface area contributed by atoms with Crippen LogP contribution in [0.1, 0.15) is 54.4 Å². The van der Waals surface area contributed by atoms with Gasteiger partial charge in [0.1, 0.15) is 5.60 Å². The van der Waals surface area contributed by atoms with Crippen LogP contribution in [0.4, 0.5) is 4.79 Å². The number of nitrogens with one attached hydrogen (secondary N) is 1. The van der Waals surface area contributed by atoms with Crippen LogP contribution in [0.5, 0.6) is 0 Å². The van der Waals surface area contributed by atoms with Crippen LogP contribution in [-0.2, 0) is 4.74 Å². The summed E-state index contributed by atoms with van der Waals surface area (Å²) in [6.07, 6.45) is 1.56. The molecular formula is C17H34N2O3. The number of likely N-dealkylation sites (tertiary alicyclic amines) is 1. The number of aliphatic hydroxyl groups is 1. The van der Waals surface area contributed by atoms with Crippen molar-refractivity contribution >= 4 is 6.09 Å². The normalized spacial score (nSPS) is 22.5. The third-order valence-electron chi connectivity index (χ3n) is 4.24. The topological polar surface area (TPSA) is 61.8 Å². The number of aliphatic hydroxyl groups excluding tert-OH is 1. The number of hydrogen-bond acceptors (Lipinski definition) is 4. The van der Waals surface area contributed by atoms with Gasteiger partial charge in [0.2, 0.25) is 0 Å². The minimum atomic E-state index is -0.449. The minimum absolute atomic E-state index is 0.216. The number of ether oxygens (including phenoxy) is 1. The molecule has 0 radical (unpaired) electrons. The number of carbonyl (C=O) groups is 1. The second-order valence-electron chi connectivity index (χ2n) is 7.84. The van der Waals surface area contributed by atoms with E-state index in [1.165, 1.54) is 0 Å². The van der Waals surface area contributed by atoms with Crippen LogP contribution in [-0.4, -0.2) is 53.5 Å².